The largest absolute Gasteiger partial charge is 1.00 e. The van der Waals surface area contributed by atoms with E-state index < -0.39 is 54.0 Å². The first-order valence-corrected chi connectivity index (χ1v) is 8.26. The first-order chi connectivity index (χ1) is 13.3. The minimum Gasteiger partial charge on any atom is -1.00 e. The van der Waals surface area contributed by atoms with Crippen LogP contribution in [0.25, 0.3) is 0 Å². The van der Waals surface area contributed by atoms with Crippen LogP contribution in [0.1, 0.15) is 27.2 Å². The summed E-state index contributed by atoms with van der Waals surface area (Å²) in [5.41, 5.74) is -2.10. The van der Waals surface area contributed by atoms with Gasteiger partial charge in [-0.2, -0.15) is 5.06 Å². The number of nitrogens with one attached hydrogen (secondary N) is 1. The number of carbonyl (C=O) groups excluding carboxylic acids is 3. The molecule has 152 valence electrons. The third-order valence-electron chi connectivity index (χ3n) is 4.44. The molecule has 3 atom stereocenters. The van der Waals surface area contributed by atoms with Gasteiger partial charge in [0.25, 0.3) is 5.91 Å². The molecule has 13 heteroatoms. The Morgan fingerprint density at radius 1 is 1.17 bits per heavy atom. The van der Waals surface area contributed by atoms with Gasteiger partial charge in [0.1, 0.15) is 12.6 Å². The maximum absolute atomic E-state index is 12.6. The fourth-order valence-electron chi connectivity index (χ4n) is 3.06. The molecule has 0 radical (unpaired) electrons. The van der Waals surface area contributed by atoms with Crippen molar-refractivity contribution in [3.8, 4) is 0 Å². The molecular formula is C17H18N2Na2O9. The molecule has 1 aromatic rings. The van der Waals surface area contributed by atoms with Crippen LogP contribution < -0.4 is 64.4 Å². The van der Waals surface area contributed by atoms with Crippen LogP contribution in [-0.2, 0) is 33.5 Å². The van der Waals surface area contributed by atoms with Crippen LogP contribution in [0.2, 0.25) is 0 Å². The average molecular weight is 440 g/mol. The van der Waals surface area contributed by atoms with Gasteiger partial charge in [0.2, 0.25) is 5.91 Å². The Hall–Kier alpha value is -1.47. The number of carboxylic acid groups (broad SMARTS) is 2. The number of esters is 1. The number of ether oxygens (including phenoxy) is 1. The van der Waals surface area contributed by atoms with Crippen molar-refractivity contribution in [3.63, 3.8) is 0 Å². The number of amides is 2. The number of carbonyl (C=O) groups is 5. The van der Waals surface area contributed by atoms with E-state index in [2.05, 4.69) is 5.32 Å². The van der Waals surface area contributed by atoms with Gasteiger partial charge in [0.15, 0.2) is 5.92 Å². The summed E-state index contributed by atoms with van der Waals surface area (Å²) in [4.78, 5) is 64.6. The van der Waals surface area contributed by atoms with E-state index in [4.69, 9.17) is 9.57 Å². The van der Waals surface area contributed by atoms with Gasteiger partial charge in [-0.25, -0.2) is 4.79 Å². The van der Waals surface area contributed by atoms with E-state index in [-0.39, 0.29) is 80.4 Å². The quantitative estimate of drug-likeness (QED) is 0.222. The van der Waals surface area contributed by atoms with Crippen molar-refractivity contribution in [2.75, 3.05) is 6.61 Å². The van der Waals surface area contributed by atoms with Crippen LogP contribution in [0.3, 0.4) is 0 Å². The second kappa shape index (κ2) is 10.7. The Morgan fingerprint density at radius 2 is 1.80 bits per heavy atom. The predicted octanol–water partition coefficient (Wildman–Crippen LogP) is -6.54. The molecule has 2 saturated heterocycles. The van der Waals surface area contributed by atoms with Gasteiger partial charge < -0.3 is 23.1 Å². The average Bonchev–Trinajstić information content (AvgIpc) is 3.20. The minimum absolute atomic E-state index is 0. The van der Waals surface area contributed by atoms with Crippen LogP contribution in [0, 0.1) is 0 Å². The second-order valence-electron chi connectivity index (χ2n) is 6.24. The van der Waals surface area contributed by atoms with Crippen LogP contribution in [-0.4, -0.2) is 63.4 Å². The summed E-state index contributed by atoms with van der Waals surface area (Å²) in [6, 6.07) is 6.36. The van der Waals surface area contributed by atoms with Gasteiger partial charge in [-0.05, 0) is 5.56 Å². The molecule has 30 heavy (non-hydrogen) atoms. The minimum atomic E-state index is -2.31. The van der Waals surface area contributed by atoms with Crippen LogP contribution in [0.15, 0.2) is 30.3 Å². The van der Waals surface area contributed by atoms with Crippen LogP contribution in [0.4, 0.5) is 0 Å². The fourth-order valence-corrected chi connectivity index (χ4v) is 3.06. The number of hydrogen-bond donors (Lipinski definition) is 3. The molecule has 0 spiro atoms. The van der Waals surface area contributed by atoms with Crippen LogP contribution in [0.5, 0.6) is 0 Å². The fraction of sp³-hybridized carbons (Fsp3) is 0.353. The van der Waals surface area contributed by atoms with Gasteiger partial charge in [0.05, 0.1) is 6.42 Å². The predicted molar refractivity (Wildman–Crippen MR) is 89.5 cm³/mol. The van der Waals surface area contributed by atoms with E-state index in [1.54, 1.807) is 18.2 Å². The maximum Gasteiger partial charge on any atom is 1.00 e. The van der Waals surface area contributed by atoms with Crippen molar-refractivity contribution in [1.82, 2.24) is 10.4 Å². The normalized spacial score (nSPS) is 23.6. The van der Waals surface area contributed by atoms with E-state index in [1.807, 2.05) is 0 Å². The molecule has 2 aliphatic heterocycles. The van der Waals surface area contributed by atoms with Crippen molar-refractivity contribution in [3.05, 3.63) is 35.9 Å². The standard InChI is InChI=1S/C17H16N2O9.2Na.2H/c20-11-6-7-17(28-11,16(25)26)19-14(22)10(8-27-19)18-13(21)12(15(23)24)9-4-2-1-3-5-9;;;;/h1-5,10,12H,6-8H2,(H,18,21)(H,23,24)(H,25,26);;;;/q;2*+1;2*-1/t10-,12?,17?;;;;/m0..../s1. The molecule has 3 rings (SSSR count). The Bertz CT molecular complexity index is 862. The molecule has 0 aliphatic carbocycles. The third kappa shape index (κ3) is 5.05. The van der Waals surface area contributed by atoms with Gasteiger partial charge in [0, 0.05) is 6.42 Å². The molecule has 2 heterocycles. The van der Waals surface area contributed by atoms with Crippen molar-refractivity contribution in [2.24, 2.45) is 0 Å². The van der Waals surface area contributed by atoms with E-state index >= 15 is 0 Å². The summed E-state index contributed by atoms with van der Waals surface area (Å²) < 4.78 is 4.81. The Kier molecular flexibility index (Phi) is 9.49. The molecule has 3 N–H and O–H groups in total. The first-order valence-electron chi connectivity index (χ1n) is 8.26. The van der Waals surface area contributed by atoms with E-state index in [1.165, 1.54) is 12.1 Å². The van der Waals surface area contributed by atoms with Gasteiger partial charge in [-0.1, -0.05) is 30.3 Å². The van der Waals surface area contributed by atoms with E-state index in [0.717, 1.165) is 0 Å². The van der Waals surface area contributed by atoms with Crippen molar-refractivity contribution < 1.29 is 106 Å². The van der Waals surface area contributed by atoms with Crippen molar-refractivity contribution >= 4 is 29.7 Å². The zero-order chi connectivity index (χ0) is 20.5. The molecular weight excluding hydrogens is 422 g/mol. The number of rotatable bonds is 6. The summed E-state index contributed by atoms with van der Waals surface area (Å²) in [6.07, 6.45) is -0.527. The van der Waals surface area contributed by atoms with E-state index in [0.29, 0.717) is 5.06 Å². The monoisotopic (exact) mass is 440 g/mol. The molecule has 11 nitrogen and oxygen atoms in total. The number of aliphatic carboxylic acids is 2. The van der Waals surface area contributed by atoms with Gasteiger partial charge in [-0.3, -0.25) is 24.0 Å². The van der Waals surface area contributed by atoms with E-state index in [9.17, 15) is 34.2 Å². The number of cyclic esters (lactones) is 1. The third-order valence-corrected chi connectivity index (χ3v) is 4.44. The van der Waals surface area contributed by atoms with Crippen molar-refractivity contribution in [1.29, 1.82) is 0 Å². The van der Waals surface area contributed by atoms with Crippen LogP contribution >= 0.6 is 0 Å². The number of carboxylic acids is 2. The Labute approximate surface area is 217 Å². The molecule has 0 bridgehead atoms. The van der Waals surface area contributed by atoms with Crippen molar-refractivity contribution in [2.45, 2.75) is 30.5 Å². The summed E-state index contributed by atoms with van der Waals surface area (Å²) in [5, 5.41) is 21.5. The second-order valence-corrected chi connectivity index (χ2v) is 6.24. The Morgan fingerprint density at radius 3 is 2.30 bits per heavy atom. The summed E-state index contributed by atoms with van der Waals surface area (Å²) in [5.74, 6) is -7.30. The van der Waals surface area contributed by atoms with Gasteiger partial charge >= 0.3 is 82.7 Å². The number of benzene rings is 1. The molecule has 1 aromatic carbocycles. The molecule has 2 amide bonds. The number of hydrogen-bond acceptors (Lipinski definition) is 7. The smallest absolute Gasteiger partial charge is 1.00 e. The topological polar surface area (TPSA) is 160 Å². The molecule has 0 saturated carbocycles. The van der Waals surface area contributed by atoms with Gasteiger partial charge in [-0.15, -0.1) is 0 Å². The maximum atomic E-state index is 12.6. The first kappa shape index (κ1) is 26.6. The zero-order valence-corrected chi connectivity index (χ0v) is 20.4. The molecule has 2 aliphatic rings. The number of nitrogens with zero attached hydrogens (tertiary/aromatic N) is 1. The summed E-state index contributed by atoms with van der Waals surface area (Å²) in [7, 11) is 0. The molecule has 0 aromatic heterocycles. The molecule has 2 fully saturated rings. The zero-order valence-electron chi connectivity index (χ0n) is 18.4. The summed E-state index contributed by atoms with van der Waals surface area (Å²) in [6.45, 7) is -0.432. The number of hydroxylamine groups is 2. The summed E-state index contributed by atoms with van der Waals surface area (Å²) >= 11 is 0. The Balaban J connectivity index is 0. The SMILES string of the molecule is O=C1CCC(C(=O)O)(N2OC[C@H](NC(=O)C(C(=O)O)c3ccccc3)C2=O)O1.[H-].[H-].[Na+].[Na+]. The molecule has 2 unspecified atom stereocenters.